The van der Waals surface area contributed by atoms with Gasteiger partial charge in [0.1, 0.15) is 11.9 Å². The summed E-state index contributed by atoms with van der Waals surface area (Å²) in [7, 11) is 0. The van der Waals surface area contributed by atoms with Crippen LogP contribution in [0.5, 0.6) is 0 Å². The average molecular weight is 540 g/mol. The number of ether oxygens (including phenoxy) is 1. The molecule has 4 heterocycles. The van der Waals surface area contributed by atoms with E-state index in [-0.39, 0.29) is 6.61 Å². The number of hydrogen-bond donors (Lipinski definition) is 1. The Morgan fingerprint density at radius 1 is 1.07 bits per heavy atom. The van der Waals surface area contributed by atoms with Crippen molar-refractivity contribution in [1.29, 1.82) is 0 Å². The van der Waals surface area contributed by atoms with Crippen LogP contribution in [0.3, 0.4) is 0 Å². The van der Waals surface area contributed by atoms with Crippen LogP contribution in [0.4, 0.5) is 0 Å². The fraction of sp³-hybridized carbons (Fsp3) is 0.345. The number of ketones is 1. The van der Waals surface area contributed by atoms with Gasteiger partial charge in [-0.2, -0.15) is 5.21 Å². The SMILES string of the molecule is CCCc1nc2c(n1Cc1ccc(-c3ccccc3-c3nn[nH]n3)cc1)C1C(=O)C(C(=O)OCC)C(=O)N1CC2. The fourth-order valence-corrected chi connectivity index (χ4v) is 5.74. The third kappa shape index (κ3) is 4.27. The standard InChI is InChI=1S/C29H29N7O4/c1-3-7-22-30-21-14-15-35-25(26(37)23(28(35)38)29(39)40-4-2)24(21)36(22)16-17-10-12-18(13-11-17)19-8-5-6-9-20(19)27-31-33-34-32-27/h5-6,8-13,23,25H,3-4,7,14-16H2,1-2H3,(H,31,32,33,34). The lowest BCUT2D eigenvalue weighted by Crippen LogP contribution is -2.37. The Balaban J connectivity index is 1.34. The molecule has 0 spiro atoms. The summed E-state index contributed by atoms with van der Waals surface area (Å²) in [5.74, 6) is -1.69. The zero-order chi connectivity index (χ0) is 27.8. The normalized spacial score (nSPS) is 18.1. The number of carbonyl (C=O) groups excluding carboxylic acids is 3. The zero-order valence-corrected chi connectivity index (χ0v) is 22.3. The van der Waals surface area contributed by atoms with E-state index in [1.165, 1.54) is 4.90 Å². The molecule has 0 saturated carbocycles. The van der Waals surface area contributed by atoms with Gasteiger partial charge in [0, 0.05) is 31.5 Å². The van der Waals surface area contributed by atoms with Gasteiger partial charge in [0.15, 0.2) is 11.7 Å². The fourth-order valence-electron chi connectivity index (χ4n) is 5.74. The number of aromatic amines is 1. The minimum Gasteiger partial charge on any atom is -0.465 e. The number of rotatable bonds is 8. The number of amides is 1. The zero-order valence-electron chi connectivity index (χ0n) is 22.3. The maximum Gasteiger partial charge on any atom is 0.326 e. The third-order valence-corrected chi connectivity index (χ3v) is 7.52. The van der Waals surface area contributed by atoms with Crippen molar-refractivity contribution in [2.24, 2.45) is 5.92 Å². The minimum atomic E-state index is -1.41. The molecule has 2 aromatic carbocycles. The van der Waals surface area contributed by atoms with Crippen molar-refractivity contribution in [3.8, 4) is 22.5 Å². The first-order chi connectivity index (χ1) is 19.5. The Kier molecular flexibility index (Phi) is 6.71. The highest BCUT2D eigenvalue weighted by molar-refractivity contribution is 6.22. The second-order valence-electron chi connectivity index (χ2n) is 9.95. The van der Waals surface area contributed by atoms with Gasteiger partial charge in [-0.15, -0.1) is 10.2 Å². The molecule has 1 N–H and O–H groups in total. The molecule has 2 unspecified atom stereocenters. The van der Waals surface area contributed by atoms with Gasteiger partial charge in [0.05, 0.1) is 18.0 Å². The van der Waals surface area contributed by atoms with Crippen molar-refractivity contribution in [3.63, 3.8) is 0 Å². The Morgan fingerprint density at radius 2 is 1.85 bits per heavy atom. The second kappa shape index (κ2) is 10.5. The summed E-state index contributed by atoms with van der Waals surface area (Å²) in [6.45, 7) is 4.70. The topological polar surface area (TPSA) is 136 Å². The van der Waals surface area contributed by atoms with E-state index in [0.29, 0.717) is 31.0 Å². The Labute approximate surface area is 230 Å². The molecule has 2 atom stereocenters. The summed E-state index contributed by atoms with van der Waals surface area (Å²) in [6.07, 6.45) is 2.16. The van der Waals surface area contributed by atoms with Gasteiger partial charge >= 0.3 is 5.97 Å². The molecule has 4 aromatic rings. The number of H-pyrrole nitrogens is 1. The molecule has 2 aliphatic rings. The van der Waals surface area contributed by atoms with Crippen LogP contribution in [0.1, 0.15) is 49.1 Å². The number of hydrogen-bond acceptors (Lipinski definition) is 8. The lowest BCUT2D eigenvalue weighted by Gasteiger charge is -2.29. The average Bonchev–Trinajstić information content (AvgIpc) is 3.67. The highest BCUT2D eigenvalue weighted by Crippen LogP contribution is 2.40. The first-order valence-corrected chi connectivity index (χ1v) is 13.5. The molecular formula is C29H29N7O4. The van der Waals surface area contributed by atoms with Crippen molar-refractivity contribution in [1.82, 2.24) is 35.1 Å². The smallest absolute Gasteiger partial charge is 0.326 e. The number of imidazole rings is 1. The minimum absolute atomic E-state index is 0.111. The predicted octanol–water partition coefficient (Wildman–Crippen LogP) is 2.92. The lowest BCUT2D eigenvalue weighted by atomic mass is 9.97. The van der Waals surface area contributed by atoms with Crippen LogP contribution in [-0.2, 0) is 38.5 Å². The maximum atomic E-state index is 13.5. The van der Waals surface area contributed by atoms with Gasteiger partial charge in [0.25, 0.3) is 0 Å². The van der Waals surface area contributed by atoms with E-state index >= 15 is 0 Å². The van der Waals surface area contributed by atoms with Crippen LogP contribution < -0.4 is 0 Å². The quantitative estimate of drug-likeness (QED) is 0.267. The van der Waals surface area contributed by atoms with Gasteiger partial charge in [0.2, 0.25) is 11.7 Å². The van der Waals surface area contributed by atoms with Gasteiger partial charge in [-0.05, 0) is 35.2 Å². The Bertz CT molecular complexity index is 1580. The molecule has 0 radical (unpaired) electrons. The van der Waals surface area contributed by atoms with E-state index in [0.717, 1.165) is 46.6 Å². The monoisotopic (exact) mass is 539 g/mol. The number of aromatic nitrogens is 6. The summed E-state index contributed by atoms with van der Waals surface area (Å²) < 4.78 is 7.13. The highest BCUT2D eigenvalue weighted by atomic mass is 16.5. The molecule has 11 heteroatoms. The number of nitrogens with one attached hydrogen (secondary N) is 1. The third-order valence-electron chi connectivity index (χ3n) is 7.52. The van der Waals surface area contributed by atoms with E-state index in [1.54, 1.807) is 6.92 Å². The van der Waals surface area contributed by atoms with Crippen LogP contribution in [0.2, 0.25) is 0 Å². The molecular weight excluding hydrogens is 510 g/mol. The molecule has 11 nitrogen and oxygen atoms in total. The van der Waals surface area contributed by atoms with Crippen molar-refractivity contribution in [3.05, 3.63) is 71.3 Å². The number of benzene rings is 2. The molecule has 0 aliphatic carbocycles. The summed E-state index contributed by atoms with van der Waals surface area (Å²) in [4.78, 5) is 45.6. The molecule has 2 aromatic heterocycles. The van der Waals surface area contributed by atoms with Crippen molar-refractivity contribution < 1.29 is 19.1 Å². The number of esters is 1. The van der Waals surface area contributed by atoms with Crippen molar-refractivity contribution >= 4 is 17.7 Å². The summed E-state index contributed by atoms with van der Waals surface area (Å²) >= 11 is 0. The first kappa shape index (κ1) is 25.6. The summed E-state index contributed by atoms with van der Waals surface area (Å²) in [5, 5.41) is 14.5. The van der Waals surface area contributed by atoms with Crippen LogP contribution in [0.25, 0.3) is 22.5 Å². The second-order valence-corrected chi connectivity index (χ2v) is 9.95. The molecule has 0 bridgehead atoms. The molecule has 1 saturated heterocycles. The van der Waals surface area contributed by atoms with Gasteiger partial charge < -0.3 is 14.2 Å². The summed E-state index contributed by atoms with van der Waals surface area (Å²) in [5.41, 5.74) is 5.42. The van der Waals surface area contributed by atoms with E-state index in [9.17, 15) is 14.4 Å². The number of fused-ring (bicyclic) bond motifs is 3. The molecule has 40 heavy (non-hydrogen) atoms. The molecule has 204 valence electrons. The molecule has 1 amide bonds. The number of nitrogens with zero attached hydrogens (tertiary/aromatic N) is 6. The van der Waals surface area contributed by atoms with Crippen LogP contribution in [0.15, 0.2) is 48.5 Å². The van der Waals surface area contributed by atoms with E-state index < -0.39 is 29.6 Å². The van der Waals surface area contributed by atoms with Crippen LogP contribution in [-0.4, -0.2) is 65.9 Å². The molecule has 2 aliphatic heterocycles. The van der Waals surface area contributed by atoms with Gasteiger partial charge in [-0.1, -0.05) is 55.5 Å². The predicted molar refractivity (Wildman–Crippen MR) is 144 cm³/mol. The number of carbonyl (C=O) groups is 3. The van der Waals surface area contributed by atoms with E-state index in [4.69, 9.17) is 9.72 Å². The van der Waals surface area contributed by atoms with E-state index in [1.807, 2.05) is 48.5 Å². The molecule has 6 rings (SSSR count). The molecule has 1 fully saturated rings. The highest BCUT2D eigenvalue weighted by Gasteiger charge is 2.55. The van der Waals surface area contributed by atoms with Crippen LogP contribution >= 0.6 is 0 Å². The van der Waals surface area contributed by atoms with Gasteiger partial charge in [-0.25, -0.2) is 4.98 Å². The largest absolute Gasteiger partial charge is 0.465 e. The van der Waals surface area contributed by atoms with Crippen molar-refractivity contribution in [2.75, 3.05) is 13.2 Å². The maximum absolute atomic E-state index is 13.5. The summed E-state index contributed by atoms with van der Waals surface area (Å²) in [6, 6.07) is 15.2. The van der Waals surface area contributed by atoms with Gasteiger partial charge in [-0.3, -0.25) is 14.4 Å². The number of aryl methyl sites for hydroxylation is 1. The number of Topliss-reactive ketones (excluding diaryl/α,β-unsaturated/α-hetero) is 1. The lowest BCUT2D eigenvalue weighted by molar-refractivity contribution is -0.154. The van der Waals surface area contributed by atoms with Crippen molar-refractivity contribution in [2.45, 2.75) is 45.7 Å². The Morgan fingerprint density at radius 3 is 2.55 bits per heavy atom. The van der Waals surface area contributed by atoms with E-state index in [2.05, 4.69) is 32.1 Å². The number of tetrazole rings is 1. The van der Waals surface area contributed by atoms with Crippen LogP contribution in [0, 0.1) is 5.92 Å². The Hall–Kier alpha value is -4.67. The first-order valence-electron chi connectivity index (χ1n) is 13.5.